The third-order valence-corrected chi connectivity index (χ3v) is 5.23. The Bertz CT molecular complexity index is 679. The fourth-order valence-corrected chi connectivity index (χ4v) is 4.14. The van der Waals surface area contributed by atoms with E-state index in [-0.39, 0.29) is 12.0 Å². The van der Waals surface area contributed by atoms with Crippen LogP contribution >= 0.6 is 27.3 Å². The maximum atomic E-state index is 14.6. The molecule has 1 aromatic heterocycles. The summed E-state index contributed by atoms with van der Waals surface area (Å²) in [5, 5.41) is 10.8. The number of thiophene rings is 1. The van der Waals surface area contributed by atoms with E-state index in [0.717, 1.165) is 9.17 Å². The molecule has 6 heteroatoms. The largest absolute Gasteiger partial charge is 0.481 e. The van der Waals surface area contributed by atoms with E-state index in [1.54, 1.807) is 26.0 Å². The number of carboxylic acids is 1. The van der Waals surface area contributed by atoms with Gasteiger partial charge in [0.25, 0.3) is 5.92 Å². The Labute approximate surface area is 133 Å². The molecule has 114 valence electrons. The highest BCUT2D eigenvalue weighted by atomic mass is 79.9. The number of fused-ring (bicyclic) bond motifs is 1. The van der Waals surface area contributed by atoms with E-state index < -0.39 is 23.7 Å². The van der Waals surface area contributed by atoms with Gasteiger partial charge in [-0.25, -0.2) is 8.78 Å². The molecule has 1 N–H and O–H groups in total. The third-order valence-electron chi connectivity index (χ3n) is 3.28. The van der Waals surface area contributed by atoms with Crippen LogP contribution in [-0.2, 0) is 10.7 Å². The summed E-state index contributed by atoms with van der Waals surface area (Å²) in [5.74, 6) is -4.12. The van der Waals surface area contributed by atoms with Gasteiger partial charge in [-0.15, -0.1) is 11.3 Å². The minimum absolute atomic E-state index is 0.0257. The summed E-state index contributed by atoms with van der Waals surface area (Å²) in [6.07, 6.45) is -0.779. The quantitative estimate of drug-likeness (QED) is 0.732. The van der Waals surface area contributed by atoms with Crippen LogP contribution in [-0.4, -0.2) is 11.1 Å². The highest BCUT2D eigenvalue weighted by molar-refractivity contribution is 9.10. The summed E-state index contributed by atoms with van der Waals surface area (Å²) in [5.41, 5.74) is -1.00. The average molecular weight is 377 g/mol. The molecule has 1 heterocycles. The summed E-state index contributed by atoms with van der Waals surface area (Å²) in [4.78, 5) is 10.8. The zero-order valence-electron chi connectivity index (χ0n) is 11.6. The highest BCUT2D eigenvalue weighted by Crippen LogP contribution is 2.46. The summed E-state index contributed by atoms with van der Waals surface area (Å²) in [6, 6.07) is 5.21. The molecule has 0 saturated heterocycles. The SMILES string of the molecule is CC(C)(CC(=O)O)CC(F)(F)c1csc2c(Br)cccc12. The van der Waals surface area contributed by atoms with Crippen molar-refractivity contribution >= 4 is 43.3 Å². The first-order valence-electron chi connectivity index (χ1n) is 6.38. The smallest absolute Gasteiger partial charge is 0.303 e. The molecule has 2 nitrogen and oxygen atoms in total. The van der Waals surface area contributed by atoms with Crippen LogP contribution in [0, 0.1) is 5.41 Å². The Balaban J connectivity index is 2.38. The average Bonchev–Trinajstić information content (AvgIpc) is 2.71. The first-order valence-corrected chi connectivity index (χ1v) is 8.05. The minimum Gasteiger partial charge on any atom is -0.481 e. The van der Waals surface area contributed by atoms with Crippen LogP contribution in [0.5, 0.6) is 0 Å². The van der Waals surface area contributed by atoms with E-state index in [2.05, 4.69) is 15.9 Å². The Kier molecular flexibility index (Phi) is 4.40. The van der Waals surface area contributed by atoms with Gasteiger partial charge in [0.15, 0.2) is 0 Å². The second-order valence-electron chi connectivity index (χ2n) is 5.88. The van der Waals surface area contributed by atoms with Crippen LogP contribution in [0.1, 0.15) is 32.3 Å². The molecular formula is C15H15BrF2O2S. The van der Waals surface area contributed by atoms with Crippen molar-refractivity contribution in [3.05, 3.63) is 33.6 Å². The van der Waals surface area contributed by atoms with Gasteiger partial charge in [0, 0.05) is 31.9 Å². The summed E-state index contributed by atoms with van der Waals surface area (Å²) < 4.78 is 30.8. The van der Waals surface area contributed by atoms with E-state index in [9.17, 15) is 13.6 Å². The predicted molar refractivity (Wildman–Crippen MR) is 84.1 cm³/mol. The van der Waals surface area contributed by atoms with Crippen LogP contribution in [0.15, 0.2) is 28.1 Å². The molecule has 0 spiro atoms. The summed E-state index contributed by atoms with van der Waals surface area (Å²) in [7, 11) is 0. The Morgan fingerprint density at radius 3 is 2.67 bits per heavy atom. The van der Waals surface area contributed by atoms with Crippen LogP contribution in [0.2, 0.25) is 0 Å². The Hall–Kier alpha value is -1.01. The molecule has 0 aliphatic carbocycles. The number of carbonyl (C=O) groups is 1. The molecule has 0 saturated carbocycles. The number of benzene rings is 1. The molecule has 0 radical (unpaired) electrons. The Morgan fingerprint density at radius 2 is 2.05 bits per heavy atom. The molecule has 21 heavy (non-hydrogen) atoms. The van der Waals surface area contributed by atoms with Crippen LogP contribution < -0.4 is 0 Å². The molecule has 0 unspecified atom stereocenters. The zero-order valence-corrected chi connectivity index (χ0v) is 14.0. The van der Waals surface area contributed by atoms with Gasteiger partial charge in [0.2, 0.25) is 0 Å². The topological polar surface area (TPSA) is 37.3 Å². The molecule has 0 bridgehead atoms. The number of rotatable bonds is 5. The standard InChI is InChI=1S/C15H15BrF2O2S/c1-14(2,6-12(19)20)8-15(17,18)10-7-21-13-9(10)4-3-5-11(13)16/h3-5,7H,6,8H2,1-2H3,(H,19,20). The molecule has 0 fully saturated rings. The maximum Gasteiger partial charge on any atom is 0.303 e. The van der Waals surface area contributed by atoms with Gasteiger partial charge in [0.05, 0.1) is 6.42 Å². The summed E-state index contributed by atoms with van der Waals surface area (Å²) >= 11 is 4.62. The lowest BCUT2D eigenvalue weighted by Crippen LogP contribution is -2.26. The van der Waals surface area contributed by atoms with E-state index >= 15 is 0 Å². The molecule has 0 aliphatic rings. The predicted octanol–water partition coefficient (Wildman–Crippen LogP) is 5.65. The second-order valence-corrected chi connectivity index (χ2v) is 7.62. The minimum atomic E-state index is -3.06. The second kappa shape index (κ2) is 5.65. The van der Waals surface area contributed by atoms with E-state index in [4.69, 9.17) is 5.11 Å². The molecule has 1 aromatic carbocycles. The van der Waals surface area contributed by atoms with Gasteiger partial charge >= 0.3 is 5.97 Å². The van der Waals surface area contributed by atoms with Crippen molar-refractivity contribution in [2.24, 2.45) is 5.41 Å². The number of hydrogen-bond acceptors (Lipinski definition) is 2. The van der Waals surface area contributed by atoms with Crippen LogP contribution in [0.4, 0.5) is 8.78 Å². The van der Waals surface area contributed by atoms with Crippen molar-refractivity contribution in [3.8, 4) is 0 Å². The van der Waals surface area contributed by atoms with Gasteiger partial charge in [0.1, 0.15) is 0 Å². The lowest BCUT2D eigenvalue weighted by atomic mass is 9.81. The molecule has 2 rings (SSSR count). The molecule has 0 aliphatic heterocycles. The maximum absolute atomic E-state index is 14.6. The molecule has 0 atom stereocenters. The van der Waals surface area contributed by atoms with Gasteiger partial charge < -0.3 is 5.11 Å². The fraction of sp³-hybridized carbons (Fsp3) is 0.400. The van der Waals surface area contributed by atoms with Crippen molar-refractivity contribution in [1.82, 2.24) is 0 Å². The first kappa shape index (κ1) is 16.4. The van der Waals surface area contributed by atoms with Gasteiger partial charge in [-0.05, 0) is 27.4 Å². The number of hydrogen-bond donors (Lipinski definition) is 1. The third kappa shape index (κ3) is 3.61. The van der Waals surface area contributed by atoms with Gasteiger partial charge in [-0.3, -0.25) is 4.79 Å². The molecule has 2 aromatic rings. The summed E-state index contributed by atoms with van der Waals surface area (Å²) in [6.45, 7) is 3.11. The molecule has 0 amide bonds. The lowest BCUT2D eigenvalue weighted by Gasteiger charge is -2.28. The van der Waals surface area contributed by atoms with E-state index in [1.807, 2.05) is 6.07 Å². The number of halogens is 3. The first-order chi connectivity index (χ1) is 9.62. The van der Waals surface area contributed by atoms with Crippen molar-refractivity contribution in [3.63, 3.8) is 0 Å². The van der Waals surface area contributed by atoms with Crippen LogP contribution in [0.25, 0.3) is 10.1 Å². The van der Waals surface area contributed by atoms with E-state index in [1.165, 1.54) is 16.7 Å². The fourth-order valence-electron chi connectivity index (χ4n) is 2.47. The van der Waals surface area contributed by atoms with Gasteiger partial charge in [-0.2, -0.15) is 0 Å². The van der Waals surface area contributed by atoms with Crippen LogP contribution in [0.3, 0.4) is 0 Å². The van der Waals surface area contributed by atoms with Crippen molar-refractivity contribution < 1.29 is 18.7 Å². The van der Waals surface area contributed by atoms with Crippen molar-refractivity contribution in [2.75, 3.05) is 0 Å². The van der Waals surface area contributed by atoms with Gasteiger partial charge in [-0.1, -0.05) is 26.0 Å². The Morgan fingerprint density at radius 1 is 1.38 bits per heavy atom. The lowest BCUT2D eigenvalue weighted by molar-refractivity contribution is -0.140. The number of aliphatic carboxylic acids is 1. The van der Waals surface area contributed by atoms with Crippen molar-refractivity contribution in [2.45, 2.75) is 32.6 Å². The normalized spacial score (nSPS) is 12.8. The van der Waals surface area contributed by atoms with Crippen molar-refractivity contribution in [1.29, 1.82) is 0 Å². The number of alkyl halides is 2. The van der Waals surface area contributed by atoms with E-state index in [0.29, 0.717) is 5.39 Å². The zero-order chi connectivity index (χ0) is 15.8. The molecular weight excluding hydrogens is 362 g/mol. The number of carboxylic acid groups (broad SMARTS) is 1. The highest BCUT2D eigenvalue weighted by Gasteiger charge is 2.41. The monoisotopic (exact) mass is 376 g/mol.